The van der Waals surface area contributed by atoms with Gasteiger partial charge in [-0.15, -0.1) is 0 Å². The van der Waals surface area contributed by atoms with Gasteiger partial charge in [-0.3, -0.25) is 4.79 Å². The van der Waals surface area contributed by atoms with E-state index in [4.69, 9.17) is 5.73 Å². The van der Waals surface area contributed by atoms with Crippen LogP contribution in [0.3, 0.4) is 0 Å². The van der Waals surface area contributed by atoms with Gasteiger partial charge in [0.15, 0.2) is 0 Å². The summed E-state index contributed by atoms with van der Waals surface area (Å²) >= 11 is 6.71. The van der Waals surface area contributed by atoms with Crippen LogP contribution < -0.4 is 11.1 Å². The molecule has 5 heteroatoms. The average Bonchev–Trinajstić information content (AvgIpc) is 2.21. The summed E-state index contributed by atoms with van der Waals surface area (Å²) in [6.45, 7) is 3.86. The molecule has 3 nitrogen and oxygen atoms in total. The number of halogens is 2. The zero-order chi connectivity index (χ0) is 12.3. The Morgan fingerprint density at radius 3 is 2.62 bits per heavy atom. The summed E-state index contributed by atoms with van der Waals surface area (Å²) < 4.78 is 1.65. The van der Waals surface area contributed by atoms with Crippen LogP contribution in [-0.4, -0.2) is 5.91 Å². The van der Waals surface area contributed by atoms with E-state index < -0.39 is 0 Å². The topological polar surface area (TPSA) is 55.1 Å². The highest BCUT2D eigenvalue weighted by Gasteiger charge is 2.14. The summed E-state index contributed by atoms with van der Waals surface area (Å²) in [6.07, 6.45) is 0.805. The minimum Gasteiger partial charge on any atom is -0.397 e. The van der Waals surface area contributed by atoms with Gasteiger partial charge in [0.1, 0.15) is 0 Å². The van der Waals surface area contributed by atoms with Crippen LogP contribution in [0.15, 0.2) is 21.1 Å². The summed E-state index contributed by atoms with van der Waals surface area (Å²) in [4.78, 5) is 11.7. The molecule has 0 aliphatic rings. The van der Waals surface area contributed by atoms with E-state index in [-0.39, 0.29) is 11.8 Å². The molecule has 0 spiro atoms. The van der Waals surface area contributed by atoms with Crippen molar-refractivity contribution in [3.05, 3.63) is 21.1 Å². The molecular formula is C11H14Br2N2O. The molecule has 1 amide bonds. The number of nitrogens with two attached hydrogens (primary N) is 1. The highest BCUT2D eigenvalue weighted by molar-refractivity contribution is 9.11. The predicted octanol–water partition coefficient (Wildman–Crippen LogP) is 3.78. The van der Waals surface area contributed by atoms with Gasteiger partial charge < -0.3 is 11.1 Å². The van der Waals surface area contributed by atoms with Crippen molar-refractivity contribution in [1.29, 1.82) is 0 Å². The lowest BCUT2D eigenvalue weighted by molar-refractivity contribution is -0.119. The lowest BCUT2D eigenvalue weighted by atomic mass is 10.1. The van der Waals surface area contributed by atoms with Gasteiger partial charge in [0.25, 0.3) is 0 Å². The second kappa shape index (κ2) is 5.68. The third-order valence-corrected chi connectivity index (χ3v) is 3.48. The zero-order valence-corrected chi connectivity index (χ0v) is 12.4. The molecule has 1 rings (SSSR count). The molecular weight excluding hydrogens is 336 g/mol. The fourth-order valence-electron chi connectivity index (χ4n) is 1.16. The number of benzene rings is 1. The van der Waals surface area contributed by atoms with Gasteiger partial charge in [-0.1, -0.05) is 29.8 Å². The molecule has 0 aliphatic heterocycles. The van der Waals surface area contributed by atoms with Gasteiger partial charge in [0.2, 0.25) is 5.91 Å². The molecule has 1 aromatic rings. The van der Waals surface area contributed by atoms with E-state index in [1.54, 1.807) is 6.07 Å². The van der Waals surface area contributed by atoms with Crippen LogP contribution in [0.2, 0.25) is 0 Å². The number of hydrogen-bond donors (Lipinski definition) is 2. The van der Waals surface area contributed by atoms with E-state index >= 15 is 0 Å². The van der Waals surface area contributed by atoms with Crippen molar-refractivity contribution in [2.75, 3.05) is 11.1 Å². The molecule has 0 aliphatic carbocycles. The van der Waals surface area contributed by atoms with Crippen molar-refractivity contribution in [3.63, 3.8) is 0 Å². The fraction of sp³-hybridized carbons (Fsp3) is 0.364. The van der Waals surface area contributed by atoms with Crippen molar-refractivity contribution in [2.45, 2.75) is 20.3 Å². The Kier molecular flexibility index (Phi) is 4.80. The Morgan fingerprint density at radius 1 is 1.50 bits per heavy atom. The lowest BCUT2D eigenvalue weighted by Gasteiger charge is -2.13. The maximum atomic E-state index is 11.7. The number of nitrogen functional groups attached to an aromatic ring is 1. The van der Waals surface area contributed by atoms with Crippen LogP contribution in [0.1, 0.15) is 20.3 Å². The van der Waals surface area contributed by atoms with Gasteiger partial charge in [0.05, 0.1) is 11.4 Å². The van der Waals surface area contributed by atoms with Gasteiger partial charge >= 0.3 is 0 Å². The molecule has 1 aromatic carbocycles. The highest BCUT2D eigenvalue weighted by atomic mass is 79.9. The molecule has 0 saturated carbocycles. The quantitative estimate of drug-likeness (QED) is 0.816. The van der Waals surface area contributed by atoms with E-state index in [1.807, 2.05) is 19.9 Å². The number of amides is 1. The van der Waals surface area contributed by atoms with Crippen molar-refractivity contribution >= 4 is 49.1 Å². The Labute approximate surface area is 112 Å². The van der Waals surface area contributed by atoms with E-state index in [0.29, 0.717) is 11.4 Å². The van der Waals surface area contributed by atoms with E-state index in [1.165, 1.54) is 0 Å². The van der Waals surface area contributed by atoms with Crippen LogP contribution in [0, 0.1) is 5.92 Å². The first-order valence-electron chi connectivity index (χ1n) is 5.01. The molecule has 16 heavy (non-hydrogen) atoms. The molecule has 1 atom stereocenters. The van der Waals surface area contributed by atoms with Crippen LogP contribution >= 0.6 is 31.9 Å². The summed E-state index contributed by atoms with van der Waals surface area (Å²) in [5, 5.41) is 2.82. The fourth-order valence-corrected chi connectivity index (χ4v) is 2.51. The molecule has 0 radical (unpaired) electrons. The summed E-state index contributed by atoms with van der Waals surface area (Å²) in [6, 6.07) is 3.61. The second-order valence-corrected chi connectivity index (χ2v) is 5.42. The van der Waals surface area contributed by atoms with Crippen LogP contribution in [0.25, 0.3) is 0 Å². The van der Waals surface area contributed by atoms with E-state index in [0.717, 1.165) is 15.4 Å². The van der Waals surface area contributed by atoms with E-state index in [9.17, 15) is 4.79 Å². The molecule has 0 fully saturated rings. The smallest absolute Gasteiger partial charge is 0.227 e. The zero-order valence-electron chi connectivity index (χ0n) is 9.18. The van der Waals surface area contributed by atoms with Gasteiger partial charge in [-0.25, -0.2) is 0 Å². The van der Waals surface area contributed by atoms with Gasteiger partial charge in [-0.05, 0) is 34.5 Å². The number of carbonyl (C=O) groups excluding carboxylic acids is 1. The number of anilines is 2. The SMILES string of the molecule is CCC(C)C(=O)Nc1c(N)cc(Br)cc1Br. The molecule has 1 unspecified atom stereocenters. The van der Waals surface area contributed by atoms with Crippen LogP contribution in [0.4, 0.5) is 11.4 Å². The molecule has 3 N–H and O–H groups in total. The molecule has 0 bridgehead atoms. The minimum atomic E-state index is -0.0186. The maximum absolute atomic E-state index is 11.7. The van der Waals surface area contributed by atoms with Crippen molar-refractivity contribution < 1.29 is 4.79 Å². The highest BCUT2D eigenvalue weighted by Crippen LogP contribution is 2.32. The lowest BCUT2D eigenvalue weighted by Crippen LogP contribution is -2.20. The third-order valence-electron chi connectivity index (χ3n) is 2.39. The first kappa shape index (κ1) is 13.5. The molecule has 0 heterocycles. The molecule has 0 saturated heterocycles. The number of hydrogen-bond acceptors (Lipinski definition) is 2. The van der Waals surface area contributed by atoms with Crippen LogP contribution in [-0.2, 0) is 4.79 Å². The number of nitrogens with one attached hydrogen (secondary N) is 1. The van der Waals surface area contributed by atoms with Crippen molar-refractivity contribution in [3.8, 4) is 0 Å². The Morgan fingerprint density at radius 2 is 2.12 bits per heavy atom. The van der Waals surface area contributed by atoms with Crippen LogP contribution in [0.5, 0.6) is 0 Å². The van der Waals surface area contributed by atoms with Gasteiger partial charge in [0, 0.05) is 14.9 Å². The summed E-state index contributed by atoms with van der Waals surface area (Å²) in [5.74, 6) is -0.0350. The predicted molar refractivity (Wildman–Crippen MR) is 74.3 cm³/mol. The third kappa shape index (κ3) is 3.22. The average molecular weight is 350 g/mol. The van der Waals surface area contributed by atoms with Gasteiger partial charge in [-0.2, -0.15) is 0 Å². The maximum Gasteiger partial charge on any atom is 0.227 e. The minimum absolute atomic E-state index is 0.0165. The first-order chi connectivity index (χ1) is 7.45. The molecule has 88 valence electrons. The first-order valence-corrected chi connectivity index (χ1v) is 6.59. The number of carbonyl (C=O) groups is 1. The Bertz CT molecular complexity index is 384. The Hall–Kier alpha value is -0.550. The standard InChI is InChI=1S/C11H14Br2N2O/c1-3-6(2)11(16)15-10-8(13)4-7(12)5-9(10)14/h4-6H,3,14H2,1-2H3,(H,15,16). The normalized spacial score (nSPS) is 12.2. The Balaban J connectivity index is 2.93. The van der Waals surface area contributed by atoms with Crippen molar-refractivity contribution in [2.24, 2.45) is 5.92 Å². The largest absolute Gasteiger partial charge is 0.397 e. The number of rotatable bonds is 3. The monoisotopic (exact) mass is 348 g/mol. The summed E-state index contributed by atoms with van der Waals surface area (Å²) in [5.41, 5.74) is 7.01. The second-order valence-electron chi connectivity index (χ2n) is 3.65. The molecule has 0 aromatic heterocycles. The van der Waals surface area contributed by atoms with Crippen molar-refractivity contribution in [1.82, 2.24) is 0 Å². The summed E-state index contributed by atoms with van der Waals surface area (Å²) in [7, 11) is 0. The van der Waals surface area contributed by atoms with E-state index in [2.05, 4.69) is 37.2 Å².